The lowest BCUT2D eigenvalue weighted by atomic mass is 10.00. The second kappa shape index (κ2) is 7.77. The Bertz CT molecular complexity index is 1400. The third-order valence-electron chi connectivity index (χ3n) is 6.59. The molecule has 4 aromatic carbocycles. The van der Waals surface area contributed by atoms with E-state index in [9.17, 15) is 8.42 Å². The van der Waals surface area contributed by atoms with Crippen LogP contribution < -0.4 is 0 Å². The molecule has 0 amide bonds. The van der Waals surface area contributed by atoms with Crippen molar-refractivity contribution in [3.05, 3.63) is 102 Å². The van der Waals surface area contributed by atoms with Crippen molar-refractivity contribution in [2.75, 3.05) is 12.3 Å². The van der Waals surface area contributed by atoms with Gasteiger partial charge in [-0.15, -0.1) is 11.8 Å². The van der Waals surface area contributed by atoms with Crippen molar-refractivity contribution < 1.29 is 8.42 Å². The molecule has 0 radical (unpaired) electrons. The molecule has 0 N–H and O–H groups in total. The van der Waals surface area contributed by atoms with Crippen molar-refractivity contribution in [2.45, 2.75) is 23.1 Å². The summed E-state index contributed by atoms with van der Waals surface area (Å²) in [4.78, 5) is 0.357. The summed E-state index contributed by atoms with van der Waals surface area (Å²) in [6, 6.07) is 28.1. The van der Waals surface area contributed by atoms with E-state index in [0.717, 1.165) is 35.3 Å². The molecule has 3 nitrogen and oxygen atoms in total. The smallest absolute Gasteiger partial charge is 0.207 e. The maximum Gasteiger partial charge on any atom is 0.244 e. The first-order valence-corrected chi connectivity index (χ1v) is 13.4. The Balaban J connectivity index is 1.38. The van der Waals surface area contributed by atoms with Gasteiger partial charge in [-0.1, -0.05) is 72.8 Å². The number of thioether (sulfide) groups is 1. The Morgan fingerprint density at radius 1 is 0.750 bits per heavy atom. The fourth-order valence-electron chi connectivity index (χ4n) is 5.02. The molecule has 4 aromatic rings. The van der Waals surface area contributed by atoms with E-state index in [-0.39, 0.29) is 5.37 Å². The molecule has 1 aliphatic carbocycles. The highest BCUT2D eigenvalue weighted by atomic mass is 32.2. The molecule has 0 aromatic heterocycles. The Kier molecular flexibility index (Phi) is 4.86. The molecular weight excluding hydrogens is 434 g/mol. The van der Waals surface area contributed by atoms with Crippen LogP contribution in [0, 0.1) is 0 Å². The van der Waals surface area contributed by atoms with E-state index in [1.165, 1.54) is 21.9 Å². The summed E-state index contributed by atoms with van der Waals surface area (Å²) in [7, 11) is -3.60. The molecule has 0 unspecified atom stereocenters. The molecule has 6 rings (SSSR count). The first-order valence-electron chi connectivity index (χ1n) is 11.0. The molecule has 1 fully saturated rings. The SMILES string of the molecule is O=S(=O)(c1ccc(-c2ccccc2)cc1)N1CCS[C@@H]1c1ccc2c3c(cccc13)CC2. The Morgan fingerprint density at radius 2 is 1.47 bits per heavy atom. The van der Waals surface area contributed by atoms with Gasteiger partial charge in [-0.25, -0.2) is 8.42 Å². The summed E-state index contributed by atoms with van der Waals surface area (Å²) < 4.78 is 29.0. The second-order valence-corrected chi connectivity index (χ2v) is 11.5. The molecule has 5 heteroatoms. The lowest BCUT2D eigenvalue weighted by molar-refractivity contribution is 0.435. The van der Waals surface area contributed by atoms with Gasteiger partial charge in [-0.2, -0.15) is 4.31 Å². The molecule has 32 heavy (non-hydrogen) atoms. The highest BCUT2D eigenvalue weighted by molar-refractivity contribution is 8.01. The summed E-state index contributed by atoms with van der Waals surface area (Å²) in [5.74, 6) is 0.801. The van der Waals surface area contributed by atoms with Gasteiger partial charge in [0.05, 0.1) is 10.3 Å². The van der Waals surface area contributed by atoms with Gasteiger partial charge >= 0.3 is 0 Å². The average Bonchev–Trinajstić information content (AvgIpc) is 3.49. The number of hydrogen-bond acceptors (Lipinski definition) is 3. The van der Waals surface area contributed by atoms with Crippen LogP contribution in [-0.4, -0.2) is 25.0 Å². The molecule has 1 heterocycles. The maximum atomic E-state index is 13.7. The highest BCUT2D eigenvalue weighted by Gasteiger charge is 2.38. The molecular formula is C27H23NO2S2. The number of benzene rings is 4. The van der Waals surface area contributed by atoms with Crippen molar-refractivity contribution in [1.29, 1.82) is 0 Å². The van der Waals surface area contributed by atoms with Crippen molar-refractivity contribution in [3.8, 4) is 11.1 Å². The summed E-state index contributed by atoms with van der Waals surface area (Å²) in [5, 5.41) is 2.34. The third kappa shape index (κ3) is 3.19. The summed E-state index contributed by atoms with van der Waals surface area (Å²) in [6.07, 6.45) is 2.15. The molecule has 0 spiro atoms. The van der Waals surface area contributed by atoms with E-state index in [0.29, 0.717) is 11.4 Å². The van der Waals surface area contributed by atoms with E-state index in [1.54, 1.807) is 28.2 Å². The summed E-state index contributed by atoms with van der Waals surface area (Å²) >= 11 is 1.72. The van der Waals surface area contributed by atoms with Gasteiger partial charge in [-0.05, 0) is 63.6 Å². The minimum Gasteiger partial charge on any atom is -0.207 e. The first kappa shape index (κ1) is 20.0. The zero-order valence-electron chi connectivity index (χ0n) is 17.6. The van der Waals surface area contributed by atoms with Gasteiger partial charge in [0.25, 0.3) is 0 Å². The number of aryl methyl sites for hydroxylation is 2. The average molecular weight is 458 g/mol. The molecule has 1 aliphatic heterocycles. The van der Waals surface area contributed by atoms with Crippen LogP contribution in [0.2, 0.25) is 0 Å². The molecule has 0 bridgehead atoms. The van der Waals surface area contributed by atoms with E-state index < -0.39 is 10.0 Å². The lowest BCUT2D eigenvalue weighted by Gasteiger charge is -2.25. The van der Waals surface area contributed by atoms with E-state index in [4.69, 9.17) is 0 Å². The van der Waals surface area contributed by atoms with Crippen molar-refractivity contribution in [2.24, 2.45) is 0 Å². The summed E-state index contributed by atoms with van der Waals surface area (Å²) in [6.45, 7) is 0.529. The predicted octanol–water partition coefficient (Wildman–Crippen LogP) is 6.04. The Labute approximate surface area is 193 Å². The monoisotopic (exact) mass is 457 g/mol. The van der Waals surface area contributed by atoms with Crippen molar-refractivity contribution in [1.82, 2.24) is 4.31 Å². The molecule has 1 atom stereocenters. The Hall–Kier alpha value is -2.60. The quantitative estimate of drug-likeness (QED) is 0.375. The number of nitrogens with zero attached hydrogens (tertiary/aromatic N) is 1. The number of hydrogen-bond donors (Lipinski definition) is 0. The van der Waals surface area contributed by atoms with Gasteiger partial charge < -0.3 is 0 Å². The molecule has 160 valence electrons. The first-order chi connectivity index (χ1) is 15.6. The summed E-state index contributed by atoms with van der Waals surface area (Å²) in [5.41, 5.74) is 5.98. The van der Waals surface area contributed by atoms with Crippen LogP contribution >= 0.6 is 11.8 Å². The predicted molar refractivity (Wildman–Crippen MR) is 132 cm³/mol. The van der Waals surface area contributed by atoms with Gasteiger partial charge in [0.1, 0.15) is 0 Å². The lowest BCUT2D eigenvalue weighted by Crippen LogP contribution is -2.30. The molecule has 0 saturated carbocycles. The van der Waals surface area contributed by atoms with Crippen LogP contribution in [0.15, 0.2) is 89.8 Å². The topological polar surface area (TPSA) is 37.4 Å². The van der Waals surface area contributed by atoms with Gasteiger partial charge in [0.15, 0.2) is 0 Å². The fraction of sp³-hybridized carbons (Fsp3) is 0.185. The second-order valence-electron chi connectivity index (χ2n) is 8.38. The van der Waals surface area contributed by atoms with Crippen LogP contribution in [0.4, 0.5) is 0 Å². The van der Waals surface area contributed by atoms with Crippen LogP contribution in [0.3, 0.4) is 0 Å². The minimum absolute atomic E-state index is 0.196. The van der Waals surface area contributed by atoms with Crippen LogP contribution in [0.25, 0.3) is 21.9 Å². The fourth-order valence-corrected chi connectivity index (χ4v) is 8.28. The Morgan fingerprint density at radius 3 is 2.25 bits per heavy atom. The van der Waals surface area contributed by atoms with Crippen LogP contribution in [-0.2, 0) is 22.9 Å². The van der Waals surface area contributed by atoms with Gasteiger partial charge in [-0.3, -0.25) is 0 Å². The molecule has 1 saturated heterocycles. The zero-order chi connectivity index (χ0) is 21.7. The highest BCUT2D eigenvalue weighted by Crippen LogP contribution is 2.45. The largest absolute Gasteiger partial charge is 0.244 e. The van der Waals surface area contributed by atoms with Crippen LogP contribution in [0.1, 0.15) is 22.1 Å². The van der Waals surface area contributed by atoms with E-state index in [1.807, 2.05) is 42.5 Å². The van der Waals surface area contributed by atoms with Gasteiger partial charge in [0, 0.05) is 12.3 Å². The van der Waals surface area contributed by atoms with E-state index in [2.05, 4.69) is 30.3 Å². The standard InChI is InChI=1S/C27H23NO2S2/c29-32(30,23-14-11-20(12-15-23)19-5-2-1-3-6-19)28-17-18-31-27(28)25-16-13-22-10-9-21-7-4-8-24(25)26(21)22/h1-8,11-16,27H,9-10,17-18H2/t27-/m1/s1. The zero-order valence-corrected chi connectivity index (χ0v) is 19.2. The van der Waals surface area contributed by atoms with Crippen LogP contribution in [0.5, 0.6) is 0 Å². The minimum atomic E-state index is -3.60. The number of sulfonamides is 1. The van der Waals surface area contributed by atoms with Crippen molar-refractivity contribution in [3.63, 3.8) is 0 Å². The third-order valence-corrected chi connectivity index (χ3v) is 9.85. The normalized spacial score (nSPS) is 18.4. The van der Waals surface area contributed by atoms with E-state index >= 15 is 0 Å². The number of rotatable bonds is 4. The van der Waals surface area contributed by atoms with Crippen molar-refractivity contribution >= 4 is 32.6 Å². The maximum absolute atomic E-state index is 13.7. The van der Waals surface area contributed by atoms with Gasteiger partial charge in [0.2, 0.25) is 10.0 Å². The molecule has 2 aliphatic rings.